The lowest BCUT2D eigenvalue weighted by atomic mass is 10.2. The average molecular weight is 391 g/mol. The minimum absolute atomic E-state index is 0.129. The van der Waals surface area contributed by atoms with E-state index in [0.29, 0.717) is 30.9 Å². The van der Waals surface area contributed by atoms with Crippen LogP contribution in [-0.2, 0) is 21.4 Å². The van der Waals surface area contributed by atoms with Crippen LogP contribution in [0.1, 0.15) is 25.0 Å². The fourth-order valence-electron chi connectivity index (χ4n) is 2.65. The van der Waals surface area contributed by atoms with Gasteiger partial charge in [-0.1, -0.05) is 44.2 Å². The van der Waals surface area contributed by atoms with E-state index in [1.807, 2.05) is 30.3 Å². The fourth-order valence-corrected chi connectivity index (χ4v) is 4.19. The number of rotatable bonds is 9. The van der Waals surface area contributed by atoms with Crippen molar-refractivity contribution >= 4 is 15.9 Å². The smallest absolute Gasteiger partial charge is 0.258 e. The Kier molecular flexibility index (Phi) is 7.38. The van der Waals surface area contributed by atoms with E-state index in [1.165, 1.54) is 10.4 Å². The number of carbonyl (C=O) groups excluding carboxylic acids is 1. The molecule has 27 heavy (non-hydrogen) atoms. The minimum Gasteiger partial charge on any atom is -0.484 e. The molecule has 0 spiro atoms. The van der Waals surface area contributed by atoms with Gasteiger partial charge < -0.3 is 10.1 Å². The zero-order valence-electron chi connectivity index (χ0n) is 15.9. The maximum atomic E-state index is 12.6. The van der Waals surface area contributed by atoms with Gasteiger partial charge >= 0.3 is 0 Å². The number of amides is 1. The van der Waals surface area contributed by atoms with Crippen LogP contribution >= 0.6 is 0 Å². The molecule has 0 fully saturated rings. The molecule has 2 rings (SSSR count). The Balaban J connectivity index is 1.97. The maximum absolute atomic E-state index is 12.6. The van der Waals surface area contributed by atoms with E-state index in [1.54, 1.807) is 32.9 Å². The molecule has 0 aliphatic heterocycles. The SMILES string of the molecule is CCN(CC)S(=O)(=O)c1ccc(OCC(=O)NCc2ccccc2)c(C)c1. The van der Waals surface area contributed by atoms with Crippen molar-refractivity contribution in [2.45, 2.75) is 32.2 Å². The first-order valence-corrected chi connectivity index (χ1v) is 10.4. The zero-order valence-corrected chi connectivity index (χ0v) is 16.8. The van der Waals surface area contributed by atoms with Crippen LogP contribution in [0.25, 0.3) is 0 Å². The van der Waals surface area contributed by atoms with Crippen molar-refractivity contribution in [1.82, 2.24) is 9.62 Å². The number of nitrogens with one attached hydrogen (secondary N) is 1. The van der Waals surface area contributed by atoms with Crippen LogP contribution in [0, 0.1) is 6.92 Å². The first-order valence-electron chi connectivity index (χ1n) is 8.92. The molecule has 2 aromatic carbocycles. The average Bonchev–Trinajstić information content (AvgIpc) is 2.67. The Morgan fingerprint density at radius 2 is 1.74 bits per heavy atom. The molecule has 7 heteroatoms. The summed E-state index contributed by atoms with van der Waals surface area (Å²) in [5.74, 6) is 0.251. The minimum atomic E-state index is -3.51. The molecule has 1 N–H and O–H groups in total. The van der Waals surface area contributed by atoms with Gasteiger partial charge in [0, 0.05) is 19.6 Å². The zero-order chi connectivity index (χ0) is 19.9. The highest BCUT2D eigenvalue weighted by Gasteiger charge is 2.22. The van der Waals surface area contributed by atoms with E-state index in [-0.39, 0.29) is 17.4 Å². The number of hydrogen-bond donors (Lipinski definition) is 1. The van der Waals surface area contributed by atoms with Crippen molar-refractivity contribution in [2.75, 3.05) is 19.7 Å². The lowest BCUT2D eigenvalue weighted by Gasteiger charge is -2.19. The molecule has 1 amide bonds. The molecule has 0 aliphatic rings. The Bertz CT molecular complexity index is 863. The van der Waals surface area contributed by atoms with Crippen molar-refractivity contribution in [3.63, 3.8) is 0 Å². The van der Waals surface area contributed by atoms with Gasteiger partial charge in [-0.2, -0.15) is 4.31 Å². The highest BCUT2D eigenvalue weighted by molar-refractivity contribution is 7.89. The fraction of sp³-hybridized carbons (Fsp3) is 0.350. The van der Waals surface area contributed by atoms with Crippen molar-refractivity contribution in [1.29, 1.82) is 0 Å². The standard InChI is InChI=1S/C20H26N2O4S/c1-4-22(5-2)27(24,25)18-11-12-19(16(3)13-18)26-15-20(23)21-14-17-9-7-6-8-10-17/h6-13H,4-5,14-15H2,1-3H3,(H,21,23). The van der Waals surface area contributed by atoms with Crippen LogP contribution in [0.4, 0.5) is 0 Å². The third-order valence-electron chi connectivity index (χ3n) is 4.18. The quantitative estimate of drug-likeness (QED) is 0.714. The number of sulfonamides is 1. The van der Waals surface area contributed by atoms with Crippen molar-refractivity contribution < 1.29 is 17.9 Å². The van der Waals surface area contributed by atoms with Crippen molar-refractivity contribution in [3.05, 3.63) is 59.7 Å². The van der Waals surface area contributed by atoms with E-state index >= 15 is 0 Å². The van der Waals surface area contributed by atoms with Crippen molar-refractivity contribution in [3.8, 4) is 5.75 Å². The number of carbonyl (C=O) groups is 1. The highest BCUT2D eigenvalue weighted by atomic mass is 32.2. The topological polar surface area (TPSA) is 75.7 Å². The number of hydrogen-bond acceptors (Lipinski definition) is 4. The molecule has 0 unspecified atom stereocenters. The lowest BCUT2D eigenvalue weighted by Crippen LogP contribution is -2.30. The summed E-state index contributed by atoms with van der Waals surface area (Å²) >= 11 is 0. The molecule has 146 valence electrons. The Hall–Kier alpha value is -2.38. The number of nitrogens with zero attached hydrogens (tertiary/aromatic N) is 1. The molecule has 0 radical (unpaired) electrons. The predicted octanol–water partition coefficient (Wildman–Crippen LogP) is 2.72. The summed E-state index contributed by atoms with van der Waals surface area (Å²) < 4.78 is 32.1. The third-order valence-corrected chi connectivity index (χ3v) is 6.23. The summed E-state index contributed by atoms with van der Waals surface area (Å²) in [4.78, 5) is 12.2. The van der Waals surface area contributed by atoms with E-state index in [2.05, 4.69) is 5.32 Å². The highest BCUT2D eigenvalue weighted by Crippen LogP contribution is 2.24. The summed E-state index contributed by atoms with van der Waals surface area (Å²) in [5.41, 5.74) is 1.67. The molecule has 0 bridgehead atoms. The summed E-state index contributed by atoms with van der Waals surface area (Å²) in [7, 11) is -3.51. The predicted molar refractivity (Wildman–Crippen MR) is 105 cm³/mol. The van der Waals surface area contributed by atoms with Gasteiger partial charge in [-0.3, -0.25) is 4.79 Å². The van der Waals surface area contributed by atoms with Crippen LogP contribution in [0.2, 0.25) is 0 Å². The Morgan fingerprint density at radius 3 is 2.33 bits per heavy atom. The van der Waals surface area contributed by atoms with E-state index in [9.17, 15) is 13.2 Å². The molecule has 6 nitrogen and oxygen atoms in total. The van der Waals surface area contributed by atoms with Gasteiger partial charge in [0.15, 0.2) is 6.61 Å². The van der Waals surface area contributed by atoms with Crippen molar-refractivity contribution in [2.24, 2.45) is 0 Å². The number of ether oxygens (including phenoxy) is 1. The van der Waals surface area contributed by atoms with E-state index in [0.717, 1.165) is 5.56 Å². The molecule has 0 atom stereocenters. The molecule has 0 saturated carbocycles. The normalized spacial score (nSPS) is 11.4. The second kappa shape index (κ2) is 9.53. The number of aryl methyl sites for hydroxylation is 1. The van der Waals surface area contributed by atoms with Crippen LogP contribution in [0.15, 0.2) is 53.4 Å². The first-order chi connectivity index (χ1) is 12.9. The third kappa shape index (κ3) is 5.55. The van der Waals surface area contributed by atoms with Crippen LogP contribution in [0.5, 0.6) is 5.75 Å². The summed E-state index contributed by atoms with van der Waals surface area (Å²) in [6.45, 7) is 6.51. The van der Waals surface area contributed by atoms with Crippen LogP contribution in [-0.4, -0.2) is 38.3 Å². The second-order valence-corrected chi connectivity index (χ2v) is 8.01. The van der Waals surface area contributed by atoms with Gasteiger partial charge in [-0.25, -0.2) is 8.42 Å². The molecule has 2 aromatic rings. The molecule has 0 heterocycles. The molecular formula is C20H26N2O4S. The largest absolute Gasteiger partial charge is 0.484 e. The summed E-state index contributed by atoms with van der Waals surface area (Å²) in [6, 6.07) is 14.3. The van der Waals surface area contributed by atoms with Gasteiger partial charge in [0.05, 0.1) is 4.90 Å². The van der Waals surface area contributed by atoms with Gasteiger partial charge in [-0.05, 0) is 36.2 Å². The van der Waals surface area contributed by atoms with Gasteiger partial charge in [0.2, 0.25) is 10.0 Å². The molecule has 0 saturated heterocycles. The molecule has 0 aromatic heterocycles. The van der Waals surface area contributed by atoms with Crippen LogP contribution in [0.3, 0.4) is 0 Å². The maximum Gasteiger partial charge on any atom is 0.258 e. The Morgan fingerprint density at radius 1 is 1.07 bits per heavy atom. The van der Waals surface area contributed by atoms with E-state index < -0.39 is 10.0 Å². The van der Waals surface area contributed by atoms with E-state index in [4.69, 9.17) is 4.74 Å². The summed E-state index contributed by atoms with van der Waals surface area (Å²) in [6.07, 6.45) is 0. The number of benzene rings is 2. The van der Waals surface area contributed by atoms with Gasteiger partial charge in [0.25, 0.3) is 5.91 Å². The van der Waals surface area contributed by atoms with Crippen LogP contribution < -0.4 is 10.1 Å². The lowest BCUT2D eigenvalue weighted by molar-refractivity contribution is -0.123. The molecule has 0 aliphatic carbocycles. The summed E-state index contributed by atoms with van der Waals surface area (Å²) in [5, 5.41) is 2.79. The van der Waals surface area contributed by atoms with Gasteiger partial charge in [0.1, 0.15) is 5.75 Å². The second-order valence-electron chi connectivity index (χ2n) is 6.07. The molecular weight excluding hydrogens is 364 g/mol. The van der Waals surface area contributed by atoms with Gasteiger partial charge in [-0.15, -0.1) is 0 Å². The first kappa shape index (κ1) is 20.9. The Labute approximate surface area is 161 Å². The monoisotopic (exact) mass is 390 g/mol.